The highest BCUT2D eigenvalue weighted by molar-refractivity contribution is 5.86. The first-order valence-corrected chi connectivity index (χ1v) is 6.75. The number of nitrogens with zero attached hydrogens (tertiary/aromatic N) is 1. The average molecular weight is 311 g/mol. The van der Waals surface area contributed by atoms with E-state index in [0.29, 0.717) is 13.5 Å². The number of aliphatic carboxylic acids is 1. The summed E-state index contributed by atoms with van der Waals surface area (Å²) in [5, 5.41) is 12.4. The number of carboxylic acids is 1. The van der Waals surface area contributed by atoms with Gasteiger partial charge >= 0.3 is 18.2 Å². The van der Waals surface area contributed by atoms with Crippen molar-refractivity contribution >= 4 is 12.0 Å². The summed E-state index contributed by atoms with van der Waals surface area (Å²) in [7, 11) is 0. The Labute approximate surface area is 120 Å². The molecule has 1 unspecified atom stereocenters. The number of hydrogen-bond donors (Lipinski definition) is 3. The van der Waals surface area contributed by atoms with Gasteiger partial charge in [-0.2, -0.15) is 13.2 Å². The molecule has 1 atom stereocenters. The van der Waals surface area contributed by atoms with E-state index in [0.717, 1.165) is 32.4 Å². The molecular formula is C12H20F3N3O3. The molecule has 1 fully saturated rings. The fourth-order valence-electron chi connectivity index (χ4n) is 2.03. The van der Waals surface area contributed by atoms with Crippen LogP contribution < -0.4 is 10.6 Å². The third kappa shape index (κ3) is 4.76. The van der Waals surface area contributed by atoms with Gasteiger partial charge in [-0.15, -0.1) is 0 Å². The molecule has 6 nitrogen and oxygen atoms in total. The minimum atomic E-state index is -5.08. The molecule has 1 aliphatic heterocycles. The molecule has 1 aliphatic rings. The fraction of sp³-hybridized carbons (Fsp3) is 0.833. The van der Waals surface area contributed by atoms with Crippen LogP contribution in [-0.4, -0.2) is 59.9 Å². The van der Waals surface area contributed by atoms with Crippen molar-refractivity contribution in [3.63, 3.8) is 0 Å². The van der Waals surface area contributed by atoms with Crippen LogP contribution >= 0.6 is 0 Å². The van der Waals surface area contributed by atoms with Crippen LogP contribution in [0.1, 0.15) is 26.2 Å². The van der Waals surface area contributed by atoms with E-state index in [1.165, 1.54) is 5.32 Å². The number of urea groups is 1. The number of rotatable bonds is 5. The van der Waals surface area contributed by atoms with Crippen molar-refractivity contribution in [2.45, 2.75) is 37.9 Å². The normalized spacial score (nSPS) is 19.6. The van der Waals surface area contributed by atoms with E-state index in [-0.39, 0.29) is 6.54 Å². The molecule has 0 aliphatic carbocycles. The highest BCUT2D eigenvalue weighted by Gasteiger charge is 2.58. The van der Waals surface area contributed by atoms with Crippen LogP contribution in [0, 0.1) is 0 Å². The second-order valence-electron chi connectivity index (χ2n) is 5.21. The summed E-state index contributed by atoms with van der Waals surface area (Å²) < 4.78 is 38.1. The van der Waals surface area contributed by atoms with E-state index in [4.69, 9.17) is 5.11 Å². The Morgan fingerprint density at radius 2 is 1.76 bits per heavy atom. The summed E-state index contributed by atoms with van der Waals surface area (Å²) in [5.41, 5.74) is -3.30. The zero-order valence-corrected chi connectivity index (χ0v) is 11.8. The molecule has 2 amide bonds. The molecule has 3 N–H and O–H groups in total. The molecule has 0 saturated carbocycles. The number of amides is 2. The Balaban J connectivity index is 2.42. The second-order valence-corrected chi connectivity index (χ2v) is 5.21. The Kier molecular flexibility index (Phi) is 5.82. The van der Waals surface area contributed by atoms with E-state index in [1.54, 1.807) is 0 Å². The first kappa shape index (κ1) is 17.5. The van der Waals surface area contributed by atoms with Crippen LogP contribution in [-0.2, 0) is 4.79 Å². The number of halogens is 3. The number of carbonyl (C=O) groups is 2. The van der Waals surface area contributed by atoms with Crippen molar-refractivity contribution in [3.05, 3.63) is 0 Å². The van der Waals surface area contributed by atoms with Gasteiger partial charge in [0.2, 0.25) is 5.54 Å². The molecule has 0 aromatic rings. The topological polar surface area (TPSA) is 81.7 Å². The van der Waals surface area contributed by atoms with Gasteiger partial charge in [0.05, 0.1) is 0 Å². The third-order valence-corrected chi connectivity index (χ3v) is 3.52. The molecule has 0 bridgehead atoms. The predicted octanol–water partition coefficient (Wildman–Crippen LogP) is 1.18. The molecule has 0 radical (unpaired) electrons. The maximum Gasteiger partial charge on any atom is 0.422 e. The maximum absolute atomic E-state index is 12.7. The highest BCUT2D eigenvalue weighted by atomic mass is 19.4. The SMILES string of the molecule is CC(NC(=O)NCCN1CCCCC1)(C(=O)O)C(F)(F)F. The summed E-state index contributed by atoms with van der Waals surface area (Å²) in [4.78, 5) is 24.3. The number of carbonyl (C=O) groups excluding carboxylic acids is 1. The van der Waals surface area contributed by atoms with E-state index < -0.39 is 23.7 Å². The fourth-order valence-corrected chi connectivity index (χ4v) is 2.03. The summed E-state index contributed by atoms with van der Waals surface area (Å²) in [6, 6.07) is -1.14. The lowest BCUT2D eigenvalue weighted by Crippen LogP contribution is -2.63. The number of piperidine rings is 1. The van der Waals surface area contributed by atoms with Gasteiger partial charge in [-0.1, -0.05) is 6.42 Å². The van der Waals surface area contributed by atoms with Gasteiger partial charge in [-0.05, 0) is 32.9 Å². The number of nitrogens with one attached hydrogen (secondary N) is 2. The molecular weight excluding hydrogens is 291 g/mol. The molecule has 1 heterocycles. The van der Waals surface area contributed by atoms with E-state index in [2.05, 4.69) is 10.2 Å². The van der Waals surface area contributed by atoms with Gasteiger partial charge in [0.25, 0.3) is 0 Å². The second kappa shape index (κ2) is 6.97. The maximum atomic E-state index is 12.7. The Morgan fingerprint density at radius 1 is 1.19 bits per heavy atom. The van der Waals surface area contributed by atoms with Crippen LogP contribution in [0.25, 0.3) is 0 Å². The summed E-state index contributed by atoms with van der Waals surface area (Å²) in [6.07, 6.45) is -1.79. The lowest BCUT2D eigenvalue weighted by atomic mass is 10.0. The van der Waals surface area contributed by atoms with Crippen molar-refractivity contribution < 1.29 is 27.9 Å². The van der Waals surface area contributed by atoms with Gasteiger partial charge in [-0.3, -0.25) is 0 Å². The van der Waals surface area contributed by atoms with Crippen LogP contribution in [0.3, 0.4) is 0 Å². The van der Waals surface area contributed by atoms with Gasteiger partial charge in [0.1, 0.15) is 0 Å². The molecule has 1 rings (SSSR count). The number of likely N-dealkylation sites (tertiary alicyclic amines) is 1. The van der Waals surface area contributed by atoms with E-state index >= 15 is 0 Å². The number of hydrogen-bond acceptors (Lipinski definition) is 3. The zero-order valence-electron chi connectivity index (χ0n) is 11.8. The standard InChI is InChI=1S/C12H20F3N3O3/c1-11(9(19)20,12(13,14)15)17-10(21)16-5-8-18-6-3-2-4-7-18/h2-8H2,1H3,(H,19,20)(H2,16,17,21). The van der Waals surface area contributed by atoms with Crippen molar-refractivity contribution in [2.75, 3.05) is 26.2 Å². The van der Waals surface area contributed by atoms with Crippen LogP contribution in [0.4, 0.5) is 18.0 Å². The van der Waals surface area contributed by atoms with Gasteiger partial charge in [-0.25, -0.2) is 9.59 Å². The largest absolute Gasteiger partial charge is 0.479 e. The molecule has 21 heavy (non-hydrogen) atoms. The lowest BCUT2D eigenvalue weighted by molar-refractivity contribution is -0.203. The Morgan fingerprint density at radius 3 is 2.24 bits per heavy atom. The minimum absolute atomic E-state index is 0.166. The van der Waals surface area contributed by atoms with Crippen LogP contribution in [0.2, 0.25) is 0 Å². The first-order valence-electron chi connectivity index (χ1n) is 6.75. The summed E-state index contributed by atoms with van der Waals surface area (Å²) in [5.74, 6) is -2.15. The van der Waals surface area contributed by atoms with Crippen molar-refractivity contribution in [3.8, 4) is 0 Å². The smallest absolute Gasteiger partial charge is 0.422 e. The molecule has 122 valence electrons. The Bertz CT molecular complexity index is 384. The average Bonchev–Trinajstić information content (AvgIpc) is 2.38. The van der Waals surface area contributed by atoms with Crippen LogP contribution in [0.15, 0.2) is 0 Å². The Hall–Kier alpha value is -1.51. The highest BCUT2D eigenvalue weighted by Crippen LogP contribution is 2.30. The quantitative estimate of drug-likeness (QED) is 0.712. The summed E-state index contributed by atoms with van der Waals surface area (Å²) in [6.45, 7) is 2.92. The van der Waals surface area contributed by atoms with Gasteiger partial charge < -0.3 is 20.6 Å². The van der Waals surface area contributed by atoms with Crippen molar-refractivity contribution in [2.24, 2.45) is 0 Å². The molecule has 9 heteroatoms. The summed E-state index contributed by atoms with van der Waals surface area (Å²) >= 11 is 0. The van der Waals surface area contributed by atoms with E-state index in [9.17, 15) is 22.8 Å². The number of alkyl halides is 3. The first-order chi connectivity index (χ1) is 9.67. The minimum Gasteiger partial charge on any atom is -0.479 e. The third-order valence-electron chi connectivity index (χ3n) is 3.52. The van der Waals surface area contributed by atoms with Gasteiger partial charge in [0.15, 0.2) is 0 Å². The molecule has 0 spiro atoms. The molecule has 0 aromatic heterocycles. The van der Waals surface area contributed by atoms with Gasteiger partial charge in [0, 0.05) is 13.1 Å². The van der Waals surface area contributed by atoms with Crippen molar-refractivity contribution in [1.82, 2.24) is 15.5 Å². The monoisotopic (exact) mass is 311 g/mol. The predicted molar refractivity (Wildman–Crippen MR) is 68.9 cm³/mol. The van der Waals surface area contributed by atoms with E-state index in [1.807, 2.05) is 0 Å². The molecule has 1 saturated heterocycles. The van der Waals surface area contributed by atoms with Crippen LogP contribution in [0.5, 0.6) is 0 Å². The number of carboxylic acid groups (broad SMARTS) is 1. The zero-order chi connectivity index (χ0) is 16.1. The van der Waals surface area contributed by atoms with Crippen molar-refractivity contribution in [1.29, 1.82) is 0 Å². The molecule has 0 aromatic carbocycles. The lowest BCUT2D eigenvalue weighted by Gasteiger charge is -2.29.